The van der Waals surface area contributed by atoms with Crippen molar-refractivity contribution in [2.45, 2.75) is 168 Å². The van der Waals surface area contributed by atoms with Crippen molar-refractivity contribution in [1.29, 1.82) is 0 Å². The zero-order valence-corrected chi connectivity index (χ0v) is 27.5. The molecule has 0 saturated heterocycles. The maximum atomic E-state index is 12.9. The molecule has 0 radical (unpaired) electrons. The zero-order chi connectivity index (χ0) is 31.4. The molecule has 0 aromatic heterocycles. The van der Waals surface area contributed by atoms with Crippen LogP contribution < -0.4 is 22.1 Å². The highest BCUT2D eigenvalue weighted by Gasteiger charge is 2.27. The van der Waals surface area contributed by atoms with Crippen LogP contribution in [0.5, 0.6) is 0 Å². The molecule has 0 aliphatic carbocycles. The van der Waals surface area contributed by atoms with Gasteiger partial charge in [0.05, 0.1) is 6.61 Å². The maximum Gasteiger partial charge on any atom is 0.328 e. The van der Waals surface area contributed by atoms with Crippen molar-refractivity contribution in [3.63, 3.8) is 0 Å². The zero-order valence-electron chi connectivity index (χ0n) is 27.5. The molecule has 9 heteroatoms. The Bertz CT molecular complexity index is 725. The van der Waals surface area contributed by atoms with Crippen LogP contribution >= 0.6 is 0 Å². The summed E-state index contributed by atoms with van der Waals surface area (Å²) in [5, 5.41) is 5.47. The smallest absolute Gasteiger partial charge is 0.328 e. The molecular weight excluding hydrogens is 530 g/mol. The van der Waals surface area contributed by atoms with E-state index in [1.165, 1.54) is 96.8 Å². The summed E-state index contributed by atoms with van der Waals surface area (Å²) in [6, 6.07) is -1.53. The second-order valence-electron chi connectivity index (χ2n) is 12.2. The SMILES string of the molecule is CCCCCCCCCCCCCCCCCCCOC(=O)[C@H](CCCN=C(N)N)NC(=O)[C@H](CC(C)C)NC(C)=O. The number of aliphatic imine (C=N–C) groups is 1. The van der Waals surface area contributed by atoms with Gasteiger partial charge < -0.3 is 26.8 Å². The lowest BCUT2D eigenvalue weighted by molar-refractivity contribution is -0.148. The number of nitrogens with zero attached hydrogens (tertiary/aromatic N) is 1. The minimum absolute atomic E-state index is 0.0142. The predicted molar refractivity (Wildman–Crippen MR) is 174 cm³/mol. The Morgan fingerprint density at radius 3 is 1.60 bits per heavy atom. The third-order valence-corrected chi connectivity index (χ3v) is 7.44. The van der Waals surface area contributed by atoms with E-state index in [2.05, 4.69) is 22.5 Å². The summed E-state index contributed by atoms with van der Waals surface area (Å²) in [4.78, 5) is 41.3. The number of rotatable bonds is 28. The van der Waals surface area contributed by atoms with Gasteiger partial charge in [0.2, 0.25) is 11.8 Å². The van der Waals surface area contributed by atoms with Gasteiger partial charge in [0.15, 0.2) is 5.96 Å². The molecule has 0 saturated carbocycles. The molecule has 0 rings (SSSR count). The van der Waals surface area contributed by atoms with E-state index < -0.39 is 18.1 Å². The molecule has 0 aromatic carbocycles. The lowest BCUT2D eigenvalue weighted by atomic mass is 10.0. The van der Waals surface area contributed by atoms with Crippen molar-refractivity contribution >= 4 is 23.7 Å². The second-order valence-corrected chi connectivity index (χ2v) is 12.2. The van der Waals surface area contributed by atoms with Crippen LogP contribution in [0.25, 0.3) is 0 Å². The van der Waals surface area contributed by atoms with Crippen LogP contribution in [0.3, 0.4) is 0 Å². The molecule has 0 unspecified atom stereocenters. The highest BCUT2D eigenvalue weighted by Crippen LogP contribution is 2.14. The number of ether oxygens (including phenoxy) is 1. The van der Waals surface area contributed by atoms with Gasteiger partial charge >= 0.3 is 5.97 Å². The van der Waals surface area contributed by atoms with E-state index in [-0.39, 0.29) is 23.7 Å². The number of unbranched alkanes of at least 4 members (excludes halogenated alkanes) is 16. The number of nitrogens with two attached hydrogens (primary N) is 2. The maximum absolute atomic E-state index is 12.9. The molecule has 42 heavy (non-hydrogen) atoms. The molecule has 0 bridgehead atoms. The third-order valence-electron chi connectivity index (χ3n) is 7.44. The Kier molecular flexibility index (Phi) is 26.0. The quantitative estimate of drug-likeness (QED) is 0.0362. The summed E-state index contributed by atoms with van der Waals surface area (Å²) in [6.45, 7) is 8.27. The lowest BCUT2D eigenvalue weighted by Crippen LogP contribution is -2.52. The Hall–Kier alpha value is -2.32. The minimum atomic E-state index is -0.819. The fraction of sp³-hybridized carbons (Fsp3) is 0.879. The van der Waals surface area contributed by atoms with E-state index in [4.69, 9.17) is 16.2 Å². The van der Waals surface area contributed by atoms with E-state index in [0.29, 0.717) is 32.4 Å². The van der Waals surface area contributed by atoms with Crippen LogP contribution in [0.1, 0.15) is 156 Å². The largest absolute Gasteiger partial charge is 0.464 e. The monoisotopic (exact) mass is 596 g/mol. The lowest BCUT2D eigenvalue weighted by Gasteiger charge is -2.23. The predicted octanol–water partition coefficient (Wildman–Crippen LogP) is 6.27. The molecule has 246 valence electrons. The van der Waals surface area contributed by atoms with Crippen molar-refractivity contribution in [1.82, 2.24) is 10.6 Å². The fourth-order valence-corrected chi connectivity index (χ4v) is 5.07. The normalized spacial score (nSPS) is 12.5. The first kappa shape index (κ1) is 39.7. The molecule has 2 amide bonds. The van der Waals surface area contributed by atoms with Crippen LogP contribution in [-0.2, 0) is 19.1 Å². The molecule has 0 spiro atoms. The number of nitrogens with one attached hydrogen (secondary N) is 2. The van der Waals surface area contributed by atoms with Crippen LogP contribution in [0.15, 0.2) is 4.99 Å². The molecular formula is C33H65N5O4. The first-order valence-electron chi connectivity index (χ1n) is 17.0. The van der Waals surface area contributed by atoms with Crippen molar-refractivity contribution in [2.75, 3.05) is 13.2 Å². The van der Waals surface area contributed by atoms with E-state index in [1.807, 2.05) is 13.8 Å². The Morgan fingerprint density at radius 1 is 0.690 bits per heavy atom. The van der Waals surface area contributed by atoms with Gasteiger partial charge in [-0.25, -0.2) is 4.79 Å². The van der Waals surface area contributed by atoms with Gasteiger partial charge in [0.1, 0.15) is 12.1 Å². The van der Waals surface area contributed by atoms with Gasteiger partial charge in [-0.1, -0.05) is 124 Å². The molecule has 2 atom stereocenters. The summed E-state index contributed by atoms with van der Waals surface area (Å²) < 4.78 is 5.52. The topological polar surface area (TPSA) is 149 Å². The number of amides is 2. The third kappa shape index (κ3) is 25.4. The van der Waals surface area contributed by atoms with E-state index in [1.54, 1.807) is 0 Å². The molecule has 0 aromatic rings. The fourth-order valence-electron chi connectivity index (χ4n) is 5.07. The van der Waals surface area contributed by atoms with Gasteiger partial charge in [-0.15, -0.1) is 0 Å². The minimum Gasteiger partial charge on any atom is -0.464 e. The first-order chi connectivity index (χ1) is 20.2. The molecule has 6 N–H and O–H groups in total. The molecule has 9 nitrogen and oxygen atoms in total. The van der Waals surface area contributed by atoms with Crippen LogP contribution in [0, 0.1) is 5.92 Å². The number of esters is 1. The van der Waals surface area contributed by atoms with Crippen molar-refractivity contribution in [2.24, 2.45) is 22.4 Å². The Labute approximate surface area is 257 Å². The number of guanidine groups is 1. The van der Waals surface area contributed by atoms with E-state index in [9.17, 15) is 14.4 Å². The summed E-state index contributed by atoms with van der Waals surface area (Å²) >= 11 is 0. The number of hydrogen-bond acceptors (Lipinski definition) is 5. The van der Waals surface area contributed by atoms with Gasteiger partial charge in [-0.05, 0) is 31.6 Å². The van der Waals surface area contributed by atoms with Crippen LogP contribution in [-0.4, -0.2) is 49.0 Å². The number of hydrogen-bond donors (Lipinski definition) is 4. The molecule has 0 aliphatic rings. The molecule has 0 fully saturated rings. The first-order valence-corrected chi connectivity index (χ1v) is 17.0. The number of carbonyl (C=O) groups excluding carboxylic acids is 3. The van der Waals surface area contributed by atoms with Crippen LogP contribution in [0.4, 0.5) is 0 Å². The highest BCUT2D eigenvalue weighted by molar-refractivity contribution is 5.90. The molecule has 0 aliphatic heterocycles. The average Bonchev–Trinajstić information content (AvgIpc) is 2.92. The van der Waals surface area contributed by atoms with Crippen molar-refractivity contribution in [3.05, 3.63) is 0 Å². The van der Waals surface area contributed by atoms with Gasteiger partial charge in [0.25, 0.3) is 0 Å². The van der Waals surface area contributed by atoms with E-state index >= 15 is 0 Å². The van der Waals surface area contributed by atoms with Crippen LogP contribution in [0.2, 0.25) is 0 Å². The average molecular weight is 596 g/mol. The summed E-state index contributed by atoms with van der Waals surface area (Å²) in [5.74, 6) is -0.961. The summed E-state index contributed by atoms with van der Waals surface area (Å²) in [6.07, 6.45) is 23.3. The second kappa shape index (κ2) is 27.5. The van der Waals surface area contributed by atoms with Gasteiger partial charge in [0, 0.05) is 13.5 Å². The Morgan fingerprint density at radius 2 is 1.17 bits per heavy atom. The Balaban J connectivity index is 4.19. The highest BCUT2D eigenvalue weighted by atomic mass is 16.5. The van der Waals surface area contributed by atoms with Crippen molar-refractivity contribution < 1.29 is 19.1 Å². The van der Waals surface area contributed by atoms with E-state index in [0.717, 1.165) is 19.3 Å². The summed E-state index contributed by atoms with van der Waals surface area (Å²) in [5.41, 5.74) is 10.8. The number of carbonyl (C=O) groups is 3. The summed E-state index contributed by atoms with van der Waals surface area (Å²) in [7, 11) is 0. The molecule has 0 heterocycles. The van der Waals surface area contributed by atoms with Gasteiger partial charge in [-0.3, -0.25) is 14.6 Å². The standard InChI is InChI=1S/C33H65N5O4/c1-5-6-7-8-9-10-11-12-13-14-15-16-17-18-19-20-21-25-42-32(41)29(23-22-24-36-33(34)35)38-31(40)30(26-27(2)3)37-28(4)39/h27,29-30H,5-26H2,1-4H3,(H,37,39)(H,38,40)(H4,34,35,36)/t29-,30-/m0/s1. The van der Waals surface area contributed by atoms with Gasteiger partial charge in [-0.2, -0.15) is 0 Å². The van der Waals surface area contributed by atoms with Crippen molar-refractivity contribution in [3.8, 4) is 0 Å².